The zero-order valence-corrected chi connectivity index (χ0v) is 13.9. The van der Waals surface area contributed by atoms with Crippen LogP contribution in [0.5, 0.6) is 0 Å². The second-order valence-electron chi connectivity index (χ2n) is 7.73. The van der Waals surface area contributed by atoms with Crippen LogP contribution in [0.2, 0.25) is 0 Å². The van der Waals surface area contributed by atoms with Crippen LogP contribution in [0, 0.1) is 11.3 Å². The summed E-state index contributed by atoms with van der Waals surface area (Å²) in [5.41, 5.74) is 1.62. The molecule has 4 heteroatoms. The molecule has 4 nitrogen and oxygen atoms in total. The number of hydrogen-bond donors (Lipinski definition) is 0. The number of ether oxygens (including phenoxy) is 1. The van der Waals surface area contributed by atoms with Crippen LogP contribution in [0.4, 0.5) is 0 Å². The molecule has 0 radical (unpaired) electrons. The summed E-state index contributed by atoms with van der Waals surface area (Å²) in [5, 5.41) is 0. The number of fused-ring (bicyclic) bond motifs is 1. The fraction of sp³-hybridized carbons (Fsp3) is 0.632. The zero-order valence-electron chi connectivity index (χ0n) is 13.9. The molecule has 1 amide bonds. The summed E-state index contributed by atoms with van der Waals surface area (Å²) >= 11 is 0. The van der Waals surface area contributed by atoms with E-state index in [0.29, 0.717) is 5.92 Å². The maximum absolute atomic E-state index is 12.6. The van der Waals surface area contributed by atoms with Crippen molar-refractivity contribution in [2.75, 3.05) is 32.8 Å². The van der Waals surface area contributed by atoms with Crippen LogP contribution in [0.3, 0.4) is 0 Å². The van der Waals surface area contributed by atoms with E-state index in [9.17, 15) is 4.79 Å². The first-order chi connectivity index (χ1) is 11.1. The molecule has 124 valence electrons. The van der Waals surface area contributed by atoms with Gasteiger partial charge in [0.25, 0.3) is 5.91 Å². The fourth-order valence-corrected chi connectivity index (χ4v) is 4.57. The second kappa shape index (κ2) is 5.91. The minimum Gasteiger partial charge on any atom is -0.368 e. The van der Waals surface area contributed by atoms with Crippen molar-refractivity contribution in [1.82, 2.24) is 9.80 Å². The van der Waals surface area contributed by atoms with Crippen molar-refractivity contribution >= 4 is 5.91 Å². The molecule has 3 heterocycles. The van der Waals surface area contributed by atoms with Crippen molar-refractivity contribution in [1.29, 1.82) is 0 Å². The van der Waals surface area contributed by atoms with Gasteiger partial charge in [-0.2, -0.15) is 0 Å². The van der Waals surface area contributed by atoms with Crippen LogP contribution < -0.4 is 0 Å². The Labute approximate surface area is 138 Å². The first kappa shape index (κ1) is 15.2. The lowest BCUT2D eigenvalue weighted by Crippen LogP contribution is -2.40. The first-order valence-electron chi connectivity index (χ1n) is 8.81. The van der Waals surface area contributed by atoms with Crippen molar-refractivity contribution in [3.8, 4) is 0 Å². The average molecular weight is 314 g/mol. The van der Waals surface area contributed by atoms with Crippen molar-refractivity contribution in [2.45, 2.75) is 32.4 Å². The van der Waals surface area contributed by atoms with Crippen LogP contribution in [-0.4, -0.2) is 54.6 Å². The Morgan fingerprint density at radius 2 is 2.09 bits per heavy atom. The van der Waals surface area contributed by atoms with Gasteiger partial charge in [0.15, 0.2) is 0 Å². The normalized spacial score (nSPS) is 34.0. The Kier molecular flexibility index (Phi) is 3.90. The van der Waals surface area contributed by atoms with E-state index < -0.39 is 0 Å². The highest BCUT2D eigenvalue weighted by Gasteiger charge is 2.51. The van der Waals surface area contributed by atoms with E-state index in [4.69, 9.17) is 4.74 Å². The second-order valence-corrected chi connectivity index (χ2v) is 7.73. The van der Waals surface area contributed by atoms with Crippen molar-refractivity contribution in [2.24, 2.45) is 11.3 Å². The number of nitrogens with zero attached hydrogens (tertiary/aromatic N) is 2. The molecule has 0 N–H and O–H groups in total. The molecule has 1 aromatic rings. The molecule has 3 atom stereocenters. The van der Waals surface area contributed by atoms with Crippen LogP contribution in [0.25, 0.3) is 0 Å². The third-order valence-corrected chi connectivity index (χ3v) is 5.81. The zero-order chi connectivity index (χ0) is 15.9. The smallest absolute Gasteiger partial charge is 0.251 e. The molecule has 3 aliphatic rings. The summed E-state index contributed by atoms with van der Waals surface area (Å²) in [6, 6.07) is 10.7. The molecule has 23 heavy (non-hydrogen) atoms. The van der Waals surface area contributed by atoms with Gasteiger partial charge in [0.2, 0.25) is 0 Å². The summed E-state index contributed by atoms with van der Waals surface area (Å²) in [4.78, 5) is 17.2. The Morgan fingerprint density at radius 3 is 2.78 bits per heavy atom. The number of carbonyl (C=O) groups excluding carboxylic acids is 1. The summed E-state index contributed by atoms with van der Waals surface area (Å²) in [6.45, 7) is 8.10. The molecule has 3 aliphatic heterocycles. The van der Waals surface area contributed by atoms with E-state index in [-0.39, 0.29) is 17.4 Å². The molecule has 0 aromatic heterocycles. The van der Waals surface area contributed by atoms with Crippen molar-refractivity contribution in [3.05, 3.63) is 35.9 Å². The lowest BCUT2D eigenvalue weighted by atomic mass is 9.83. The summed E-state index contributed by atoms with van der Waals surface area (Å²) in [6.07, 6.45) is 1.75. The quantitative estimate of drug-likeness (QED) is 0.857. The highest BCUT2D eigenvalue weighted by Crippen LogP contribution is 2.42. The first-order valence-corrected chi connectivity index (χ1v) is 8.81. The predicted molar refractivity (Wildman–Crippen MR) is 88.9 cm³/mol. The molecular formula is C19H26N2O2. The number of rotatable bonds is 3. The highest BCUT2D eigenvalue weighted by atomic mass is 16.5. The molecule has 0 spiro atoms. The lowest BCUT2D eigenvalue weighted by molar-refractivity contribution is -0.140. The van der Waals surface area contributed by atoms with E-state index in [1.807, 2.05) is 0 Å². The molecule has 0 bridgehead atoms. The maximum Gasteiger partial charge on any atom is 0.251 e. The van der Waals surface area contributed by atoms with E-state index in [0.717, 1.165) is 52.2 Å². The third-order valence-electron chi connectivity index (χ3n) is 5.81. The SMILES string of the molecule is C[C@]12CN(Cc3ccccc3)C[C@H]1CN(C(=O)[C@H]1CCCO1)C2. The fourth-order valence-electron chi connectivity index (χ4n) is 4.57. The van der Waals surface area contributed by atoms with Gasteiger partial charge in [0.1, 0.15) is 6.10 Å². The topological polar surface area (TPSA) is 32.8 Å². The predicted octanol–water partition coefficient (Wildman–Crippen LogP) is 2.15. The molecule has 0 aliphatic carbocycles. The summed E-state index contributed by atoms with van der Waals surface area (Å²) in [5.74, 6) is 0.823. The Balaban J connectivity index is 1.37. The molecule has 1 aromatic carbocycles. The Morgan fingerprint density at radius 1 is 1.26 bits per heavy atom. The number of carbonyl (C=O) groups is 1. The van der Waals surface area contributed by atoms with Gasteiger partial charge in [-0.15, -0.1) is 0 Å². The summed E-state index contributed by atoms with van der Waals surface area (Å²) in [7, 11) is 0. The number of benzene rings is 1. The number of likely N-dealkylation sites (tertiary alicyclic amines) is 2. The lowest BCUT2D eigenvalue weighted by Gasteiger charge is -2.26. The van der Waals surface area contributed by atoms with Gasteiger partial charge in [0, 0.05) is 44.7 Å². The molecule has 0 saturated carbocycles. The highest BCUT2D eigenvalue weighted by molar-refractivity contribution is 5.81. The minimum atomic E-state index is -0.169. The Bertz CT molecular complexity index is 570. The summed E-state index contributed by atoms with van der Waals surface area (Å²) < 4.78 is 5.58. The standard InChI is InChI=1S/C19H26N2O2/c1-19-13-20(10-15-6-3-2-4-7-15)11-16(19)12-21(14-19)18(22)17-8-5-9-23-17/h2-4,6-7,16-17H,5,8-14H2,1H3/t16-,17+,19+/m0/s1. The van der Waals surface area contributed by atoms with E-state index in [1.165, 1.54) is 5.56 Å². The number of amides is 1. The van der Waals surface area contributed by atoms with Gasteiger partial charge in [-0.1, -0.05) is 37.3 Å². The minimum absolute atomic E-state index is 0.169. The molecule has 4 rings (SSSR count). The monoisotopic (exact) mass is 314 g/mol. The van der Waals surface area contributed by atoms with Crippen molar-refractivity contribution in [3.63, 3.8) is 0 Å². The molecule has 3 fully saturated rings. The van der Waals surface area contributed by atoms with E-state index in [2.05, 4.69) is 47.1 Å². The van der Waals surface area contributed by atoms with Gasteiger partial charge in [-0.05, 0) is 24.3 Å². The van der Waals surface area contributed by atoms with Crippen LogP contribution in [-0.2, 0) is 16.1 Å². The third kappa shape index (κ3) is 2.90. The maximum atomic E-state index is 12.6. The van der Waals surface area contributed by atoms with Gasteiger partial charge < -0.3 is 9.64 Å². The largest absolute Gasteiger partial charge is 0.368 e. The van der Waals surface area contributed by atoms with Crippen LogP contribution in [0.15, 0.2) is 30.3 Å². The van der Waals surface area contributed by atoms with E-state index in [1.54, 1.807) is 0 Å². The van der Waals surface area contributed by atoms with Gasteiger partial charge >= 0.3 is 0 Å². The number of hydrogen-bond acceptors (Lipinski definition) is 3. The van der Waals surface area contributed by atoms with E-state index >= 15 is 0 Å². The van der Waals surface area contributed by atoms with Gasteiger partial charge in [-0.25, -0.2) is 0 Å². The van der Waals surface area contributed by atoms with Gasteiger partial charge in [0.05, 0.1) is 0 Å². The molecule has 3 saturated heterocycles. The molecular weight excluding hydrogens is 288 g/mol. The average Bonchev–Trinajstić information content (AvgIpc) is 3.22. The van der Waals surface area contributed by atoms with Crippen molar-refractivity contribution < 1.29 is 9.53 Å². The molecule has 0 unspecified atom stereocenters. The van der Waals surface area contributed by atoms with Crippen LogP contribution >= 0.6 is 0 Å². The van der Waals surface area contributed by atoms with Gasteiger partial charge in [-0.3, -0.25) is 9.69 Å². The van der Waals surface area contributed by atoms with Crippen LogP contribution in [0.1, 0.15) is 25.3 Å². The Hall–Kier alpha value is -1.39.